The minimum Gasteiger partial charge on any atom is -0.480 e. The molecule has 9 nitrogen and oxygen atoms in total. The van der Waals surface area contributed by atoms with E-state index in [9.17, 15) is 19.2 Å². The van der Waals surface area contributed by atoms with E-state index in [0.29, 0.717) is 0 Å². The molecule has 0 saturated heterocycles. The quantitative estimate of drug-likeness (QED) is 0.359. The van der Waals surface area contributed by atoms with Crippen LogP contribution < -0.4 is 21.7 Å². The summed E-state index contributed by atoms with van der Waals surface area (Å²) in [4.78, 5) is 47.7. The summed E-state index contributed by atoms with van der Waals surface area (Å²) in [7, 11) is 0. The molecule has 0 bridgehead atoms. The summed E-state index contributed by atoms with van der Waals surface area (Å²) in [5.74, 6) is -3.13. The van der Waals surface area contributed by atoms with Gasteiger partial charge in [-0.15, -0.1) is 0 Å². The van der Waals surface area contributed by atoms with Crippen molar-refractivity contribution in [3.8, 4) is 0 Å². The van der Waals surface area contributed by atoms with Crippen LogP contribution in [-0.2, 0) is 25.6 Å². The number of hydrogen-bond donors (Lipinski definition) is 5. The van der Waals surface area contributed by atoms with Crippen molar-refractivity contribution in [2.75, 3.05) is 6.54 Å². The van der Waals surface area contributed by atoms with Crippen LogP contribution in [0.15, 0.2) is 30.3 Å². The van der Waals surface area contributed by atoms with Gasteiger partial charge in [0.05, 0.1) is 6.04 Å². The molecule has 6 N–H and O–H groups in total. The number of hydrogen-bond acceptors (Lipinski definition) is 5. The number of amides is 3. The second kappa shape index (κ2) is 11.0. The third-order valence-corrected chi connectivity index (χ3v) is 3.99. The Hall–Kier alpha value is -2.94. The van der Waals surface area contributed by atoms with Crippen molar-refractivity contribution >= 4 is 23.7 Å². The van der Waals surface area contributed by atoms with Gasteiger partial charge in [0.2, 0.25) is 17.7 Å². The summed E-state index contributed by atoms with van der Waals surface area (Å²) in [6.45, 7) is 4.39. The van der Waals surface area contributed by atoms with E-state index in [1.165, 1.54) is 6.92 Å². The van der Waals surface area contributed by atoms with E-state index >= 15 is 0 Å². The number of carbonyl (C=O) groups excluding carboxylic acids is 3. The molecule has 1 rings (SSSR count). The number of carboxylic acid groups (broad SMARTS) is 1. The number of aliphatic carboxylic acids is 1. The highest BCUT2D eigenvalue weighted by atomic mass is 16.4. The summed E-state index contributed by atoms with van der Waals surface area (Å²) in [6, 6.07) is 6.41. The molecule has 0 saturated carbocycles. The van der Waals surface area contributed by atoms with E-state index in [0.717, 1.165) is 5.56 Å². The summed E-state index contributed by atoms with van der Waals surface area (Å²) in [6.07, 6.45) is 0.215. The predicted octanol–water partition coefficient (Wildman–Crippen LogP) is -0.597. The fraction of sp³-hybridized carbons (Fsp3) is 0.474. The molecule has 28 heavy (non-hydrogen) atoms. The first-order valence-corrected chi connectivity index (χ1v) is 9.01. The molecule has 0 aliphatic heterocycles. The molecular formula is C19H28N4O5. The minimum absolute atomic E-state index is 0.215. The van der Waals surface area contributed by atoms with E-state index in [1.54, 1.807) is 13.8 Å². The van der Waals surface area contributed by atoms with E-state index in [4.69, 9.17) is 10.8 Å². The van der Waals surface area contributed by atoms with Crippen molar-refractivity contribution in [3.05, 3.63) is 35.9 Å². The van der Waals surface area contributed by atoms with Crippen LogP contribution in [0.2, 0.25) is 0 Å². The number of carbonyl (C=O) groups is 4. The maximum atomic E-state index is 12.8. The molecule has 0 radical (unpaired) electrons. The van der Waals surface area contributed by atoms with Crippen LogP contribution in [-0.4, -0.2) is 53.5 Å². The normalized spacial score (nSPS) is 13.9. The monoisotopic (exact) mass is 392 g/mol. The first-order valence-electron chi connectivity index (χ1n) is 9.01. The molecule has 1 aromatic carbocycles. The Labute approximate surface area is 164 Å². The zero-order valence-electron chi connectivity index (χ0n) is 16.3. The van der Waals surface area contributed by atoms with Crippen LogP contribution in [0.25, 0.3) is 0 Å². The van der Waals surface area contributed by atoms with Gasteiger partial charge in [-0.1, -0.05) is 44.2 Å². The minimum atomic E-state index is -1.19. The Morgan fingerprint density at radius 2 is 1.57 bits per heavy atom. The molecule has 0 aromatic heterocycles. The van der Waals surface area contributed by atoms with Crippen LogP contribution in [0, 0.1) is 5.92 Å². The lowest BCUT2D eigenvalue weighted by molar-refractivity contribution is -0.139. The molecule has 0 spiro atoms. The lowest BCUT2D eigenvalue weighted by atomic mass is 10.0. The molecule has 0 aliphatic rings. The van der Waals surface area contributed by atoms with Crippen LogP contribution in [0.5, 0.6) is 0 Å². The van der Waals surface area contributed by atoms with Gasteiger partial charge in [-0.3, -0.25) is 19.2 Å². The lowest BCUT2D eigenvalue weighted by Gasteiger charge is -2.25. The maximum Gasteiger partial charge on any atom is 0.322 e. The van der Waals surface area contributed by atoms with Gasteiger partial charge in [-0.25, -0.2) is 0 Å². The third-order valence-electron chi connectivity index (χ3n) is 3.99. The van der Waals surface area contributed by atoms with Crippen molar-refractivity contribution in [1.82, 2.24) is 16.0 Å². The molecule has 3 amide bonds. The Kier molecular flexibility index (Phi) is 9.10. The number of benzene rings is 1. The highest BCUT2D eigenvalue weighted by molar-refractivity contribution is 5.93. The van der Waals surface area contributed by atoms with E-state index < -0.39 is 48.4 Å². The number of carboxylic acids is 1. The zero-order chi connectivity index (χ0) is 21.3. The fourth-order valence-electron chi connectivity index (χ4n) is 2.42. The molecule has 9 heteroatoms. The van der Waals surface area contributed by atoms with Crippen LogP contribution in [0.4, 0.5) is 0 Å². The highest BCUT2D eigenvalue weighted by Gasteiger charge is 2.29. The molecule has 0 heterocycles. The van der Waals surface area contributed by atoms with Gasteiger partial charge in [-0.05, 0) is 18.4 Å². The Balaban J connectivity index is 2.93. The Morgan fingerprint density at radius 3 is 2.07 bits per heavy atom. The van der Waals surface area contributed by atoms with Gasteiger partial charge >= 0.3 is 5.97 Å². The number of nitrogens with two attached hydrogens (primary N) is 1. The van der Waals surface area contributed by atoms with Crippen LogP contribution >= 0.6 is 0 Å². The predicted molar refractivity (Wildman–Crippen MR) is 103 cm³/mol. The van der Waals surface area contributed by atoms with E-state index in [-0.39, 0.29) is 12.3 Å². The van der Waals surface area contributed by atoms with Crippen LogP contribution in [0.1, 0.15) is 26.3 Å². The standard InChI is InChI=1S/C19H28N4O5/c1-11(2)16(19(28)21-10-15(24)25)23-18(27)14(22-17(26)12(3)20)9-13-7-5-4-6-8-13/h4-8,11-12,14,16H,9-10,20H2,1-3H3,(H,21,28)(H,22,26)(H,23,27)(H,24,25). The first-order chi connectivity index (χ1) is 13.1. The second-order valence-corrected chi connectivity index (χ2v) is 6.88. The lowest BCUT2D eigenvalue weighted by Crippen LogP contribution is -2.57. The second-order valence-electron chi connectivity index (χ2n) is 6.88. The number of rotatable bonds is 10. The molecule has 3 atom stereocenters. The largest absolute Gasteiger partial charge is 0.480 e. The van der Waals surface area contributed by atoms with Crippen molar-refractivity contribution in [3.63, 3.8) is 0 Å². The third kappa shape index (κ3) is 7.75. The first kappa shape index (κ1) is 23.1. The fourth-order valence-corrected chi connectivity index (χ4v) is 2.42. The van der Waals surface area contributed by atoms with E-state index in [2.05, 4.69) is 16.0 Å². The summed E-state index contributed by atoms with van der Waals surface area (Å²) in [5, 5.41) is 16.2. The van der Waals surface area contributed by atoms with E-state index in [1.807, 2.05) is 30.3 Å². The van der Waals surface area contributed by atoms with Crippen molar-refractivity contribution in [1.29, 1.82) is 0 Å². The molecule has 154 valence electrons. The van der Waals surface area contributed by atoms with Gasteiger partial charge in [0.1, 0.15) is 18.6 Å². The summed E-state index contributed by atoms with van der Waals surface area (Å²) >= 11 is 0. The average molecular weight is 392 g/mol. The molecule has 1 aromatic rings. The van der Waals surface area contributed by atoms with Gasteiger partial charge in [0.25, 0.3) is 0 Å². The highest BCUT2D eigenvalue weighted by Crippen LogP contribution is 2.07. The molecule has 0 aliphatic carbocycles. The molecule has 0 fully saturated rings. The average Bonchev–Trinajstić information content (AvgIpc) is 2.63. The van der Waals surface area contributed by atoms with Crippen LogP contribution in [0.3, 0.4) is 0 Å². The Morgan fingerprint density at radius 1 is 0.964 bits per heavy atom. The summed E-state index contributed by atoms with van der Waals surface area (Å²) in [5.41, 5.74) is 6.40. The smallest absolute Gasteiger partial charge is 0.322 e. The zero-order valence-corrected chi connectivity index (χ0v) is 16.3. The van der Waals surface area contributed by atoms with Crippen molar-refractivity contribution in [2.24, 2.45) is 11.7 Å². The van der Waals surface area contributed by atoms with Gasteiger partial charge in [-0.2, -0.15) is 0 Å². The summed E-state index contributed by atoms with van der Waals surface area (Å²) < 4.78 is 0. The van der Waals surface area contributed by atoms with Gasteiger partial charge < -0.3 is 26.8 Å². The SMILES string of the molecule is CC(N)C(=O)NC(Cc1ccccc1)C(=O)NC(C(=O)NCC(=O)O)C(C)C. The van der Waals surface area contributed by atoms with Crippen molar-refractivity contribution in [2.45, 2.75) is 45.3 Å². The Bertz CT molecular complexity index is 691. The molecule has 3 unspecified atom stereocenters. The topological polar surface area (TPSA) is 151 Å². The number of nitrogens with one attached hydrogen (secondary N) is 3. The molecular weight excluding hydrogens is 364 g/mol. The van der Waals surface area contributed by atoms with Gasteiger partial charge in [0, 0.05) is 6.42 Å². The maximum absolute atomic E-state index is 12.8. The van der Waals surface area contributed by atoms with Gasteiger partial charge in [0.15, 0.2) is 0 Å². The van der Waals surface area contributed by atoms with Crippen molar-refractivity contribution < 1.29 is 24.3 Å².